The molecule has 0 spiro atoms. The maximum atomic E-state index is 12.9. The number of benzene rings is 1. The second kappa shape index (κ2) is 21.9. The molecule has 1 aromatic rings. The Morgan fingerprint density at radius 3 is 2.59 bits per heavy atom. The lowest BCUT2D eigenvalue weighted by molar-refractivity contribution is -0.148. The highest BCUT2D eigenvalue weighted by atomic mass is 35.5. The first-order chi connectivity index (χ1) is 23.1. The van der Waals surface area contributed by atoms with Gasteiger partial charge in [-0.05, 0) is 51.4 Å². The molecule has 2 aliphatic rings. The number of rotatable bonds is 6. The van der Waals surface area contributed by atoms with E-state index in [2.05, 4.69) is 22.2 Å². The molecule has 49 heavy (non-hydrogen) atoms. The number of nitrogens with one attached hydrogen (secondary N) is 2. The Bertz CT molecular complexity index is 1330. The largest absolute Gasteiger partial charge is 0.495 e. The number of aliphatic carboxylic acids is 1. The fourth-order valence-electron chi connectivity index (χ4n) is 4.72. The number of carbonyl (C=O) groups excluding carboxylic acids is 3. The molecule has 0 aromatic heterocycles. The maximum Gasteiger partial charge on any atom is 0.409 e. The highest BCUT2D eigenvalue weighted by Crippen LogP contribution is 2.37. The summed E-state index contributed by atoms with van der Waals surface area (Å²) in [5, 5.41) is 35.5. The molecule has 3 amide bonds. The third-order valence-corrected chi connectivity index (χ3v) is 9.23. The summed E-state index contributed by atoms with van der Waals surface area (Å²) in [7, 11) is 6.42. The molecule has 0 aliphatic carbocycles. The lowest BCUT2D eigenvalue weighted by atomic mass is 10.00. The standard InChI is InChI=1S/C24H31ClN2O6S.C8H16N2O3.CH3Cl/c1-15-6-4-5-9-24(31)13-17(33-23(30)26-24)14-34-21(29)8-7-20(28)27(2)18-11-16(10-15)12-19(32-3)22(18)25;1-6(8(12)13)10(3)7(11)4-5-9-2;1-2/h4-6,11-12,17,21,29,31H,7-10,13-14H2,1-3H3,(H,26,30);6,9H,4-5H2,1-3H3,(H,12,13);1H3/b5-4+,15-6+;;/t17?,21?,24-;6-;/m10./s1. The van der Waals surface area contributed by atoms with Crippen molar-refractivity contribution in [2.24, 2.45) is 0 Å². The van der Waals surface area contributed by atoms with Crippen molar-refractivity contribution in [3.05, 3.63) is 46.5 Å². The summed E-state index contributed by atoms with van der Waals surface area (Å²) in [6.07, 6.45) is 7.43. The highest BCUT2D eigenvalue weighted by molar-refractivity contribution is 7.99. The van der Waals surface area contributed by atoms with Gasteiger partial charge in [0.25, 0.3) is 0 Å². The number of alkyl carbamates (subject to hydrolysis) is 1. The number of aliphatic hydroxyl groups excluding tert-OH is 1. The predicted molar refractivity (Wildman–Crippen MR) is 193 cm³/mol. The molecule has 1 aromatic carbocycles. The number of carboxylic acid groups (broad SMARTS) is 1. The van der Waals surface area contributed by atoms with Crippen LogP contribution in [0, 0.1) is 0 Å². The molecule has 3 rings (SSSR count). The van der Waals surface area contributed by atoms with Gasteiger partial charge in [0.15, 0.2) is 0 Å². The fraction of sp³-hybridized carbons (Fsp3) is 0.576. The summed E-state index contributed by atoms with van der Waals surface area (Å²) in [4.78, 5) is 49.3. The van der Waals surface area contributed by atoms with Gasteiger partial charge in [-0.2, -0.15) is 0 Å². The molecule has 276 valence electrons. The van der Waals surface area contributed by atoms with Crippen LogP contribution >= 0.6 is 35.0 Å². The van der Waals surface area contributed by atoms with Crippen LogP contribution in [-0.2, 0) is 25.5 Å². The summed E-state index contributed by atoms with van der Waals surface area (Å²) in [6.45, 7) is 4.02. The summed E-state index contributed by atoms with van der Waals surface area (Å²) in [5.74, 6) is -0.570. The molecule has 2 unspecified atom stereocenters. The number of carbonyl (C=O) groups is 4. The monoisotopic (exact) mass is 748 g/mol. The molecular formula is C33H50Cl2N4O9S. The third-order valence-electron chi connectivity index (χ3n) is 7.66. The van der Waals surface area contributed by atoms with Gasteiger partial charge in [0.05, 0.1) is 18.2 Å². The van der Waals surface area contributed by atoms with E-state index in [1.54, 1.807) is 20.2 Å². The Kier molecular flexibility index (Phi) is 19.7. The molecule has 1 fully saturated rings. The molecule has 2 aliphatic heterocycles. The Balaban J connectivity index is 0.000000675. The summed E-state index contributed by atoms with van der Waals surface area (Å²) < 4.78 is 10.7. The highest BCUT2D eigenvalue weighted by Gasteiger charge is 2.38. The zero-order valence-corrected chi connectivity index (χ0v) is 31.5. The Morgan fingerprint density at radius 1 is 1.31 bits per heavy atom. The number of aliphatic hydroxyl groups is 2. The van der Waals surface area contributed by atoms with E-state index in [-0.39, 0.29) is 37.5 Å². The first-order valence-corrected chi connectivity index (χ1v) is 17.8. The molecule has 2 heterocycles. The number of carboxylic acids is 1. The number of fused-ring (bicyclic) bond motifs is 4. The van der Waals surface area contributed by atoms with E-state index in [1.807, 2.05) is 31.2 Å². The smallest absolute Gasteiger partial charge is 0.409 e. The van der Waals surface area contributed by atoms with Gasteiger partial charge in [-0.1, -0.05) is 35.4 Å². The number of likely N-dealkylation sites (N-methyl/N-ethyl adjacent to an activating group) is 1. The van der Waals surface area contributed by atoms with Gasteiger partial charge in [-0.3, -0.25) is 14.9 Å². The number of thioether (sulfide) groups is 1. The normalized spacial score (nSPS) is 23.8. The SMILES string of the molecule is CCl.CNCCC(=O)N(C)[C@@H](C)C(=O)O.COc1cc2cc(c1Cl)N(C)C(=O)CCC(O)SCC1C[C@](O)(C/C=C/C=C(\C)C2)NC(=O)O1. The van der Waals surface area contributed by atoms with Gasteiger partial charge >= 0.3 is 12.1 Å². The minimum absolute atomic E-state index is 0.104. The number of allylic oxidation sites excluding steroid dienone is 3. The van der Waals surface area contributed by atoms with E-state index in [0.29, 0.717) is 41.6 Å². The second-order valence-electron chi connectivity index (χ2n) is 11.5. The number of alkyl halides is 1. The van der Waals surface area contributed by atoms with Crippen LogP contribution in [0.15, 0.2) is 35.9 Å². The predicted octanol–water partition coefficient (Wildman–Crippen LogP) is 4.16. The number of nitrogens with zero attached hydrogens (tertiary/aromatic N) is 2. The molecule has 0 saturated carbocycles. The molecule has 16 heteroatoms. The van der Waals surface area contributed by atoms with Crippen molar-refractivity contribution in [1.29, 1.82) is 0 Å². The number of hydrogen-bond donors (Lipinski definition) is 5. The number of hydrogen-bond acceptors (Lipinski definition) is 10. The number of ether oxygens (including phenoxy) is 2. The average Bonchev–Trinajstić information content (AvgIpc) is 3.07. The van der Waals surface area contributed by atoms with E-state index in [9.17, 15) is 29.4 Å². The quantitative estimate of drug-likeness (QED) is 0.264. The summed E-state index contributed by atoms with van der Waals surface area (Å²) >= 11 is 12.3. The van der Waals surface area contributed by atoms with E-state index >= 15 is 0 Å². The van der Waals surface area contributed by atoms with Crippen LogP contribution in [0.2, 0.25) is 5.02 Å². The number of methoxy groups -OCH3 is 1. The van der Waals surface area contributed by atoms with Crippen molar-refractivity contribution in [1.82, 2.24) is 15.5 Å². The van der Waals surface area contributed by atoms with Crippen LogP contribution in [0.4, 0.5) is 10.5 Å². The first kappa shape index (κ1) is 44.0. The Morgan fingerprint density at radius 2 is 1.98 bits per heavy atom. The van der Waals surface area contributed by atoms with Crippen LogP contribution in [0.25, 0.3) is 0 Å². The van der Waals surface area contributed by atoms with E-state index in [1.165, 1.54) is 49.0 Å². The van der Waals surface area contributed by atoms with Crippen molar-refractivity contribution in [3.8, 4) is 5.75 Å². The van der Waals surface area contributed by atoms with Crippen molar-refractivity contribution in [2.45, 2.75) is 75.7 Å². The van der Waals surface area contributed by atoms with Gasteiger partial charge in [0, 0.05) is 58.5 Å². The average molecular weight is 750 g/mol. The molecule has 1 saturated heterocycles. The van der Waals surface area contributed by atoms with Crippen molar-refractivity contribution in [3.63, 3.8) is 0 Å². The van der Waals surface area contributed by atoms with Crippen LogP contribution in [-0.4, -0.2) is 114 Å². The van der Waals surface area contributed by atoms with Crippen LogP contribution in [0.1, 0.15) is 51.5 Å². The zero-order chi connectivity index (χ0) is 37.3. The van der Waals surface area contributed by atoms with Gasteiger partial charge in [-0.25, -0.2) is 9.59 Å². The minimum atomic E-state index is -1.43. The maximum absolute atomic E-state index is 12.9. The lowest BCUT2D eigenvalue weighted by Crippen LogP contribution is -2.56. The zero-order valence-electron chi connectivity index (χ0n) is 29.1. The number of halogens is 2. The van der Waals surface area contributed by atoms with Gasteiger partial charge in [-0.15, -0.1) is 23.4 Å². The minimum Gasteiger partial charge on any atom is -0.495 e. The van der Waals surface area contributed by atoms with Crippen molar-refractivity contribution < 1.29 is 44.0 Å². The molecule has 4 atom stereocenters. The van der Waals surface area contributed by atoms with E-state index in [4.69, 9.17) is 26.2 Å². The number of anilines is 1. The summed E-state index contributed by atoms with van der Waals surface area (Å²) in [6, 6.07) is 2.94. The molecule has 13 nitrogen and oxygen atoms in total. The molecular weight excluding hydrogens is 699 g/mol. The van der Waals surface area contributed by atoms with Crippen LogP contribution < -0.4 is 20.3 Å². The fourth-order valence-corrected chi connectivity index (χ4v) is 5.94. The van der Waals surface area contributed by atoms with Gasteiger partial charge in [0.1, 0.15) is 28.6 Å². The Hall–Kier alpha value is -3.01. The van der Waals surface area contributed by atoms with Crippen LogP contribution in [0.5, 0.6) is 5.75 Å². The molecule has 4 bridgehead atoms. The van der Waals surface area contributed by atoms with Gasteiger partial charge < -0.3 is 39.9 Å². The van der Waals surface area contributed by atoms with E-state index in [0.717, 1.165) is 11.1 Å². The van der Waals surface area contributed by atoms with Gasteiger partial charge in [0.2, 0.25) is 11.8 Å². The topological polar surface area (TPSA) is 178 Å². The first-order valence-electron chi connectivity index (χ1n) is 15.6. The van der Waals surface area contributed by atoms with Crippen molar-refractivity contribution >= 4 is 64.5 Å². The Labute approximate surface area is 303 Å². The third kappa shape index (κ3) is 14.8. The number of amides is 3. The molecule has 0 radical (unpaired) electrons. The van der Waals surface area contributed by atoms with E-state index < -0.39 is 35.4 Å². The lowest BCUT2D eigenvalue weighted by Gasteiger charge is -2.36. The van der Waals surface area contributed by atoms with Crippen molar-refractivity contribution in [2.75, 3.05) is 51.8 Å². The summed E-state index contributed by atoms with van der Waals surface area (Å²) in [5.41, 5.74) is 0.246. The second-order valence-corrected chi connectivity index (χ2v) is 13.1. The molecule has 5 N–H and O–H groups in total. The van der Waals surface area contributed by atoms with Crippen LogP contribution in [0.3, 0.4) is 0 Å².